The van der Waals surface area contributed by atoms with Crippen LogP contribution in [0.2, 0.25) is 0 Å². The van der Waals surface area contributed by atoms with Crippen molar-refractivity contribution in [2.75, 3.05) is 11.4 Å². The number of amides is 3. The number of nitrogens with one attached hydrogen (secondary N) is 1. The molecule has 31 heavy (non-hydrogen) atoms. The zero-order valence-corrected chi connectivity index (χ0v) is 18.2. The third-order valence-corrected chi connectivity index (χ3v) is 6.15. The first kappa shape index (κ1) is 21.0. The molecule has 1 aromatic carbocycles. The summed E-state index contributed by atoms with van der Waals surface area (Å²) in [5.41, 5.74) is 2.04. The van der Waals surface area contributed by atoms with Crippen molar-refractivity contribution in [2.24, 2.45) is 0 Å². The van der Waals surface area contributed by atoms with E-state index in [1.54, 1.807) is 41.8 Å². The maximum atomic E-state index is 13.1. The summed E-state index contributed by atoms with van der Waals surface area (Å²) >= 11 is 1.18. The molecule has 10 heteroatoms. The lowest BCUT2D eigenvalue weighted by atomic mass is 10.2. The van der Waals surface area contributed by atoms with Gasteiger partial charge >= 0.3 is 6.03 Å². The average molecular weight is 444 g/mol. The van der Waals surface area contributed by atoms with Crippen molar-refractivity contribution in [1.82, 2.24) is 20.4 Å². The molecule has 1 saturated heterocycles. The van der Waals surface area contributed by atoms with Crippen molar-refractivity contribution < 1.29 is 18.5 Å². The number of nitrogens with zero attached hydrogens (tertiary/aromatic N) is 4. The monoisotopic (exact) mass is 443 g/mol. The van der Waals surface area contributed by atoms with Gasteiger partial charge in [-0.3, -0.25) is 9.69 Å². The Bertz CT molecular complexity index is 1110. The molecule has 1 aliphatic heterocycles. The first-order valence-corrected chi connectivity index (χ1v) is 10.6. The number of benzene rings is 1. The molecule has 3 amide bonds. The molecule has 0 radical (unpaired) electrons. The number of carbonyl (C=O) groups is 2. The number of hydrogen-bond acceptors (Lipinski definition) is 6. The van der Waals surface area contributed by atoms with Crippen molar-refractivity contribution in [1.29, 1.82) is 0 Å². The molecule has 1 unspecified atom stereocenters. The minimum atomic E-state index is -0.311. The number of urea groups is 1. The standard InChI is InChI=1S/C21H22FN5O3S/c1-12-10-26(11-15-4-6-16(22)7-5-15)21(29)27(12)20-24-14(3)18(31-20)19(28)23-9-17-8-13(2)30-25-17/h4-8,12H,9-11H2,1-3H3,(H,23,28). The molecule has 1 aliphatic rings. The van der Waals surface area contributed by atoms with Gasteiger partial charge in [0.15, 0.2) is 5.13 Å². The van der Waals surface area contributed by atoms with Crippen LogP contribution < -0.4 is 10.2 Å². The molecule has 2 aromatic heterocycles. The van der Waals surface area contributed by atoms with Crippen LogP contribution in [0.25, 0.3) is 0 Å². The van der Waals surface area contributed by atoms with Gasteiger partial charge in [-0.2, -0.15) is 0 Å². The van der Waals surface area contributed by atoms with Crippen LogP contribution in [-0.2, 0) is 13.1 Å². The summed E-state index contributed by atoms with van der Waals surface area (Å²) < 4.78 is 18.1. The molecule has 3 heterocycles. The van der Waals surface area contributed by atoms with Gasteiger partial charge in [-0.1, -0.05) is 28.6 Å². The molecule has 1 fully saturated rings. The van der Waals surface area contributed by atoms with Crippen molar-refractivity contribution in [3.8, 4) is 0 Å². The van der Waals surface area contributed by atoms with Gasteiger partial charge in [-0.25, -0.2) is 14.2 Å². The third-order valence-electron chi connectivity index (χ3n) is 4.99. The number of carbonyl (C=O) groups excluding carboxylic acids is 2. The van der Waals surface area contributed by atoms with Crippen molar-refractivity contribution in [3.05, 3.63) is 63.7 Å². The first-order chi connectivity index (χ1) is 14.8. The van der Waals surface area contributed by atoms with E-state index in [-0.39, 0.29) is 30.3 Å². The fourth-order valence-corrected chi connectivity index (χ4v) is 4.56. The molecule has 0 spiro atoms. The highest BCUT2D eigenvalue weighted by molar-refractivity contribution is 7.17. The Hall–Kier alpha value is -3.27. The van der Waals surface area contributed by atoms with Crippen molar-refractivity contribution in [2.45, 2.75) is 39.9 Å². The second kappa shape index (κ2) is 8.46. The normalized spacial score (nSPS) is 16.3. The van der Waals surface area contributed by atoms with Gasteiger partial charge in [0.2, 0.25) is 0 Å². The minimum Gasteiger partial charge on any atom is -0.361 e. The average Bonchev–Trinajstić information content (AvgIpc) is 3.39. The van der Waals surface area contributed by atoms with Crippen LogP contribution in [0.1, 0.15) is 39.3 Å². The Kier molecular flexibility index (Phi) is 5.73. The Balaban J connectivity index is 1.45. The predicted octanol–water partition coefficient (Wildman–Crippen LogP) is 3.65. The zero-order chi connectivity index (χ0) is 22.1. The summed E-state index contributed by atoms with van der Waals surface area (Å²) in [6.45, 7) is 6.61. The van der Waals surface area contributed by atoms with Gasteiger partial charge in [0, 0.05) is 19.2 Å². The number of hydrogen-bond donors (Lipinski definition) is 1. The Morgan fingerprint density at radius 1 is 1.32 bits per heavy atom. The molecule has 8 nitrogen and oxygen atoms in total. The van der Waals surface area contributed by atoms with Crippen LogP contribution in [-0.4, -0.2) is 39.6 Å². The van der Waals surface area contributed by atoms with E-state index in [9.17, 15) is 14.0 Å². The zero-order valence-electron chi connectivity index (χ0n) is 17.4. The summed E-state index contributed by atoms with van der Waals surface area (Å²) in [6.07, 6.45) is 0. The summed E-state index contributed by atoms with van der Waals surface area (Å²) in [4.78, 5) is 33.9. The number of anilines is 1. The van der Waals surface area contributed by atoms with E-state index in [2.05, 4.69) is 15.5 Å². The molecule has 1 atom stereocenters. The largest absolute Gasteiger partial charge is 0.361 e. The van der Waals surface area contributed by atoms with Gasteiger partial charge in [-0.05, 0) is 38.5 Å². The fourth-order valence-electron chi connectivity index (χ4n) is 3.48. The first-order valence-electron chi connectivity index (χ1n) is 9.82. The summed E-state index contributed by atoms with van der Waals surface area (Å²) in [7, 11) is 0. The van der Waals surface area contributed by atoms with E-state index in [0.717, 1.165) is 5.56 Å². The topological polar surface area (TPSA) is 91.6 Å². The number of thiazole rings is 1. The lowest BCUT2D eigenvalue weighted by Crippen LogP contribution is -2.33. The molecule has 0 aliphatic carbocycles. The second-order valence-electron chi connectivity index (χ2n) is 7.53. The molecule has 0 saturated carbocycles. The number of aryl methyl sites for hydroxylation is 2. The van der Waals surface area contributed by atoms with Crippen LogP contribution >= 0.6 is 11.3 Å². The molecular formula is C21H22FN5O3S. The van der Waals surface area contributed by atoms with Crippen LogP contribution in [0.4, 0.5) is 14.3 Å². The van der Waals surface area contributed by atoms with Crippen molar-refractivity contribution >= 4 is 28.4 Å². The van der Waals surface area contributed by atoms with Crippen molar-refractivity contribution in [3.63, 3.8) is 0 Å². The maximum Gasteiger partial charge on any atom is 0.326 e. The summed E-state index contributed by atoms with van der Waals surface area (Å²) in [6, 6.07) is 7.57. The van der Waals surface area contributed by atoms with Gasteiger partial charge in [0.25, 0.3) is 5.91 Å². The van der Waals surface area contributed by atoms with E-state index in [0.29, 0.717) is 40.2 Å². The molecular weight excluding hydrogens is 421 g/mol. The maximum absolute atomic E-state index is 13.1. The van der Waals surface area contributed by atoms with E-state index in [1.165, 1.54) is 23.5 Å². The Morgan fingerprint density at radius 3 is 2.74 bits per heavy atom. The second-order valence-corrected chi connectivity index (χ2v) is 8.51. The highest BCUT2D eigenvalue weighted by Gasteiger charge is 2.38. The number of rotatable bonds is 6. The quantitative estimate of drug-likeness (QED) is 0.628. The molecule has 162 valence electrons. The SMILES string of the molecule is Cc1cc(CNC(=O)c2sc(N3C(=O)N(Cc4ccc(F)cc4)CC3C)nc2C)no1. The lowest BCUT2D eigenvalue weighted by molar-refractivity contribution is 0.0953. The highest BCUT2D eigenvalue weighted by Crippen LogP contribution is 2.32. The fraction of sp³-hybridized carbons (Fsp3) is 0.333. The molecule has 0 bridgehead atoms. The van der Waals surface area contributed by atoms with E-state index >= 15 is 0 Å². The highest BCUT2D eigenvalue weighted by atomic mass is 32.1. The Labute approximate surface area is 182 Å². The Morgan fingerprint density at radius 2 is 2.06 bits per heavy atom. The minimum absolute atomic E-state index is 0.104. The van der Waals surface area contributed by atoms with Gasteiger partial charge < -0.3 is 14.7 Å². The summed E-state index contributed by atoms with van der Waals surface area (Å²) in [5.74, 6) is 0.0887. The lowest BCUT2D eigenvalue weighted by Gasteiger charge is -2.17. The third kappa shape index (κ3) is 4.43. The van der Waals surface area contributed by atoms with Crippen LogP contribution in [0, 0.1) is 19.7 Å². The van der Waals surface area contributed by atoms with E-state index in [4.69, 9.17) is 4.52 Å². The van der Waals surface area contributed by atoms with Gasteiger partial charge in [0.1, 0.15) is 22.1 Å². The molecule has 1 N–H and O–H groups in total. The molecule has 4 rings (SSSR count). The molecule has 3 aromatic rings. The van der Waals surface area contributed by atoms with Crippen LogP contribution in [0.15, 0.2) is 34.9 Å². The van der Waals surface area contributed by atoms with E-state index in [1.807, 2.05) is 6.92 Å². The van der Waals surface area contributed by atoms with E-state index < -0.39 is 0 Å². The van der Waals surface area contributed by atoms with Crippen LogP contribution in [0.5, 0.6) is 0 Å². The number of halogens is 1. The van der Waals surface area contributed by atoms with Gasteiger partial charge in [-0.15, -0.1) is 0 Å². The smallest absolute Gasteiger partial charge is 0.326 e. The predicted molar refractivity (Wildman–Crippen MR) is 113 cm³/mol. The summed E-state index contributed by atoms with van der Waals surface area (Å²) in [5, 5.41) is 7.15. The number of aromatic nitrogens is 2. The van der Waals surface area contributed by atoms with Crippen LogP contribution in [0.3, 0.4) is 0 Å². The van der Waals surface area contributed by atoms with Gasteiger partial charge in [0.05, 0.1) is 18.3 Å².